The van der Waals surface area contributed by atoms with Crippen molar-refractivity contribution in [3.63, 3.8) is 0 Å². The topological polar surface area (TPSA) is 61.4 Å². The van der Waals surface area contributed by atoms with E-state index in [4.69, 9.17) is 9.15 Å². The van der Waals surface area contributed by atoms with Gasteiger partial charge < -0.3 is 9.15 Å². The molecule has 128 valence electrons. The van der Waals surface area contributed by atoms with E-state index in [2.05, 4.69) is 0 Å². The minimum absolute atomic E-state index is 0.172. The summed E-state index contributed by atoms with van der Waals surface area (Å²) in [4.78, 5) is 24.3. The van der Waals surface area contributed by atoms with Gasteiger partial charge in [-0.25, -0.2) is 0 Å². The van der Waals surface area contributed by atoms with Crippen LogP contribution in [0.4, 0.5) is 0 Å². The van der Waals surface area contributed by atoms with E-state index in [1.54, 1.807) is 48.2 Å². The number of nitrogens with zero attached hydrogens (tertiary/aromatic N) is 1. The van der Waals surface area contributed by atoms with Crippen LogP contribution in [0.2, 0.25) is 0 Å². The highest BCUT2D eigenvalue weighted by Crippen LogP contribution is 2.33. The largest absolute Gasteiger partial charge is 0.497 e. The zero-order valence-electron chi connectivity index (χ0n) is 14.0. The zero-order chi connectivity index (χ0) is 18.1. The number of ether oxygens (including phenoxy) is 1. The van der Waals surface area contributed by atoms with Crippen LogP contribution < -0.4 is 4.74 Å². The van der Waals surface area contributed by atoms with E-state index in [0.29, 0.717) is 28.2 Å². The standard InChI is InChI=1S/C21H15NO4/c1-25-16-8-6-14(7-9-16)21(24)22-12-18(17-4-2-3-5-19(17)22)20-15(13-23)10-11-26-20/h2-13H,1H3. The molecule has 0 bridgehead atoms. The Balaban J connectivity index is 1.88. The van der Waals surface area contributed by atoms with E-state index >= 15 is 0 Å². The summed E-state index contributed by atoms with van der Waals surface area (Å²) >= 11 is 0. The van der Waals surface area contributed by atoms with Gasteiger partial charge in [0.05, 0.1) is 24.5 Å². The molecule has 0 amide bonds. The SMILES string of the molecule is COc1ccc(C(=O)n2cc(-c3occc3C=O)c3ccccc32)cc1. The van der Waals surface area contributed by atoms with Gasteiger partial charge in [-0.15, -0.1) is 0 Å². The van der Waals surface area contributed by atoms with Crippen LogP contribution in [0, 0.1) is 0 Å². The van der Waals surface area contributed by atoms with E-state index in [1.807, 2.05) is 24.3 Å². The molecule has 0 spiro atoms. The molecule has 0 N–H and O–H groups in total. The molecule has 0 unspecified atom stereocenters. The number of fused-ring (bicyclic) bond motifs is 1. The van der Waals surface area contributed by atoms with E-state index in [-0.39, 0.29) is 5.91 Å². The first kappa shape index (κ1) is 15.9. The summed E-state index contributed by atoms with van der Waals surface area (Å²) in [5.41, 5.74) is 2.43. The van der Waals surface area contributed by atoms with Crippen molar-refractivity contribution in [3.8, 4) is 17.1 Å². The summed E-state index contributed by atoms with van der Waals surface area (Å²) < 4.78 is 12.2. The summed E-state index contributed by atoms with van der Waals surface area (Å²) in [6, 6.07) is 16.1. The van der Waals surface area contributed by atoms with Gasteiger partial charge in [-0.1, -0.05) is 18.2 Å². The number of furan rings is 1. The van der Waals surface area contributed by atoms with Crippen LogP contribution in [0.3, 0.4) is 0 Å². The number of methoxy groups -OCH3 is 1. The molecule has 5 nitrogen and oxygen atoms in total. The molecule has 4 aromatic rings. The number of para-hydroxylation sites is 1. The number of hydrogen-bond acceptors (Lipinski definition) is 4. The predicted molar refractivity (Wildman–Crippen MR) is 97.8 cm³/mol. The van der Waals surface area contributed by atoms with Crippen molar-refractivity contribution in [2.75, 3.05) is 7.11 Å². The fraction of sp³-hybridized carbons (Fsp3) is 0.0476. The Morgan fingerprint density at radius 3 is 2.58 bits per heavy atom. The number of benzene rings is 2. The first-order valence-electron chi connectivity index (χ1n) is 8.05. The fourth-order valence-corrected chi connectivity index (χ4v) is 3.03. The molecule has 0 aliphatic heterocycles. The van der Waals surface area contributed by atoms with Crippen LogP contribution >= 0.6 is 0 Å². The van der Waals surface area contributed by atoms with E-state index < -0.39 is 0 Å². The van der Waals surface area contributed by atoms with Crippen LogP contribution in [0.25, 0.3) is 22.2 Å². The maximum Gasteiger partial charge on any atom is 0.262 e. The summed E-state index contributed by atoms with van der Waals surface area (Å²) in [7, 11) is 1.58. The second kappa shape index (κ2) is 6.37. The molecule has 2 aromatic carbocycles. The molecule has 26 heavy (non-hydrogen) atoms. The molecule has 5 heteroatoms. The third kappa shape index (κ3) is 2.50. The quantitative estimate of drug-likeness (QED) is 0.514. The van der Waals surface area contributed by atoms with Gasteiger partial charge in [-0.05, 0) is 36.4 Å². The van der Waals surface area contributed by atoms with Crippen molar-refractivity contribution in [3.05, 3.63) is 78.2 Å². The van der Waals surface area contributed by atoms with Crippen molar-refractivity contribution in [2.24, 2.45) is 0 Å². The van der Waals surface area contributed by atoms with Crippen molar-refractivity contribution in [1.82, 2.24) is 4.57 Å². The van der Waals surface area contributed by atoms with Crippen LogP contribution in [-0.2, 0) is 0 Å². The lowest BCUT2D eigenvalue weighted by atomic mass is 10.1. The van der Waals surface area contributed by atoms with Crippen molar-refractivity contribution >= 4 is 23.1 Å². The lowest BCUT2D eigenvalue weighted by molar-refractivity contribution is 0.0964. The second-order valence-electron chi connectivity index (χ2n) is 5.79. The first-order chi connectivity index (χ1) is 12.7. The average Bonchev–Trinajstić information content (AvgIpc) is 3.31. The Kier molecular flexibility index (Phi) is 3.89. The highest BCUT2D eigenvalue weighted by atomic mass is 16.5. The second-order valence-corrected chi connectivity index (χ2v) is 5.79. The molecule has 0 aliphatic carbocycles. The summed E-state index contributed by atoms with van der Waals surface area (Å²) in [6.07, 6.45) is 3.93. The predicted octanol–water partition coefficient (Wildman–Crippen LogP) is 4.41. The van der Waals surface area contributed by atoms with E-state index in [9.17, 15) is 9.59 Å². The van der Waals surface area contributed by atoms with E-state index in [0.717, 1.165) is 17.2 Å². The molecule has 0 fully saturated rings. The minimum atomic E-state index is -0.172. The van der Waals surface area contributed by atoms with Gasteiger partial charge >= 0.3 is 0 Å². The minimum Gasteiger partial charge on any atom is -0.497 e. The normalized spacial score (nSPS) is 10.8. The molecule has 0 radical (unpaired) electrons. The Hall–Kier alpha value is -3.60. The smallest absolute Gasteiger partial charge is 0.262 e. The monoisotopic (exact) mass is 345 g/mol. The molecule has 0 atom stereocenters. The molecule has 0 saturated carbocycles. The highest BCUT2D eigenvalue weighted by molar-refractivity contribution is 6.07. The van der Waals surface area contributed by atoms with Crippen molar-refractivity contribution < 1.29 is 18.7 Å². The summed E-state index contributed by atoms with van der Waals surface area (Å²) in [6.45, 7) is 0. The summed E-state index contributed by atoms with van der Waals surface area (Å²) in [5.74, 6) is 0.970. The van der Waals surface area contributed by atoms with Crippen LogP contribution in [-0.4, -0.2) is 23.9 Å². The molecular formula is C21H15NO4. The fourth-order valence-electron chi connectivity index (χ4n) is 3.03. The molecule has 2 aromatic heterocycles. The van der Waals surface area contributed by atoms with Gasteiger partial charge in [-0.2, -0.15) is 0 Å². The third-order valence-corrected chi connectivity index (χ3v) is 4.33. The Morgan fingerprint density at radius 1 is 1.08 bits per heavy atom. The van der Waals surface area contributed by atoms with Crippen molar-refractivity contribution in [1.29, 1.82) is 0 Å². The van der Waals surface area contributed by atoms with Crippen LogP contribution in [0.5, 0.6) is 5.75 Å². The molecular weight excluding hydrogens is 330 g/mol. The van der Waals surface area contributed by atoms with E-state index in [1.165, 1.54) is 6.26 Å². The van der Waals surface area contributed by atoms with Gasteiger partial charge in [0.2, 0.25) is 0 Å². The van der Waals surface area contributed by atoms with Gasteiger partial charge in [0.15, 0.2) is 6.29 Å². The average molecular weight is 345 g/mol. The Labute approximate surface area is 149 Å². The van der Waals surface area contributed by atoms with Gasteiger partial charge in [0, 0.05) is 22.7 Å². The number of aldehydes is 1. The Bertz CT molecular complexity index is 1100. The molecule has 0 saturated heterocycles. The molecule has 0 aliphatic rings. The number of aromatic nitrogens is 1. The van der Waals surface area contributed by atoms with Crippen LogP contribution in [0.1, 0.15) is 20.7 Å². The third-order valence-electron chi connectivity index (χ3n) is 4.33. The number of carbonyl (C=O) groups is 2. The zero-order valence-corrected chi connectivity index (χ0v) is 14.0. The first-order valence-corrected chi connectivity index (χ1v) is 8.05. The maximum atomic E-state index is 13.0. The van der Waals surface area contributed by atoms with Gasteiger partial charge in [0.25, 0.3) is 5.91 Å². The van der Waals surface area contributed by atoms with Gasteiger partial charge in [-0.3, -0.25) is 14.2 Å². The highest BCUT2D eigenvalue weighted by Gasteiger charge is 2.19. The Morgan fingerprint density at radius 2 is 1.85 bits per heavy atom. The molecule has 4 rings (SSSR count). The molecule has 2 heterocycles. The lowest BCUT2D eigenvalue weighted by Gasteiger charge is -2.05. The summed E-state index contributed by atoms with van der Waals surface area (Å²) in [5, 5.41) is 0.840. The van der Waals surface area contributed by atoms with Crippen molar-refractivity contribution in [2.45, 2.75) is 0 Å². The number of rotatable bonds is 4. The number of carbonyl (C=O) groups excluding carboxylic acids is 2. The van der Waals surface area contributed by atoms with Crippen LogP contribution in [0.15, 0.2) is 71.5 Å². The lowest BCUT2D eigenvalue weighted by Crippen LogP contribution is -2.10. The van der Waals surface area contributed by atoms with Gasteiger partial charge in [0.1, 0.15) is 11.5 Å². The maximum absolute atomic E-state index is 13.0. The number of hydrogen-bond donors (Lipinski definition) is 0.